The molecule has 0 saturated heterocycles. The van der Waals surface area contributed by atoms with Gasteiger partial charge in [0, 0.05) is 0 Å². The Hall–Kier alpha value is -2.44. The molecular formula is C25H26INO2. The Morgan fingerprint density at radius 2 is 1.48 bits per heavy atom. The number of nitrogens with zero attached hydrogens (tertiary/aromatic N) is 1. The van der Waals surface area contributed by atoms with Crippen molar-refractivity contribution in [2.24, 2.45) is 0 Å². The number of ether oxygens (including phenoxy) is 1. The van der Waals surface area contributed by atoms with Gasteiger partial charge in [-0.2, -0.15) is 0 Å². The van der Waals surface area contributed by atoms with E-state index in [4.69, 9.17) is 4.74 Å². The average molecular weight is 499 g/mol. The Morgan fingerprint density at radius 3 is 2.14 bits per heavy atom. The van der Waals surface area contributed by atoms with E-state index in [-0.39, 0.29) is 29.8 Å². The van der Waals surface area contributed by atoms with Gasteiger partial charge in [0.25, 0.3) is 0 Å². The summed E-state index contributed by atoms with van der Waals surface area (Å²) >= 11 is 0. The Kier molecular flexibility index (Phi) is 8.17. The fraction of sp³-hybridized carbons (Fsp3) is 0.160. The van der Waals surface area contributed by atoms with Crippen molar-refractivity contribution in [2.75, 3.05) is 21.1 Å². The average Bonchev–Trinajstić information content (AvgIpc) is 2.71. The molecule has 0 aliphatic heterocycles. The molecule has 0 aromatic heterocycles. The maximum atomic E-state index is 12.7. The molecule has 3 aromatic rings. The number of carbonyl (C=O) groups is 1. The molecule has 0 aliphatic rings. The summed E-state index contributed by atoms with van der Waals surface area (Å²) in [4.78, 5) is 12.7. The third kappa shape index (κ3) is 6.54. The number of halogens is 1. The second kappa shape index (κ2) is 10.4. The van der Waals surface area contributed by atoms with Gasteiger partial charge in [0.1, 0.15) is 18.0 Å². The number of hydrogen-bond acceptors (Lipinski definition) is 2. The van der Waals surface area contributed by atoms with Gasteiger partial charge in [0.05, 0.1) is 26.7 Å². The van der Waals surface area contributed by atoms with Crippen molar-refractivity contribution in [3.63, 3.8) is 0 Å². The first-order valence-corrected chi connectivity index (χ1v) is 9.34. The van der Waals surface area contributed by atoms with Crippen molar-refractivity contribution in [3.05, 3.63) is 102 Å². The SMILES string of the molecule is C[N+](C)(C)c1ccc(/C=C/C(=O)c2ccccc2OCc2ccccc2)cc1.[I-]. The van der Waals surface area contributed by atoms with Crippen molar-refractivity contribution in [2.45, 2.75) is 6.61 Å². The third-order valence-electron chi connectivity index (χ3n) is 4.48. The number of para-hydroxylation sites is 1. The summed E-state index contributed by atoms with van der Waals surface area (Å²) in [5, 5.41) is 0. The van der Waals surface area contributed by atoms with Crippen LogP contribution < -0.4 is 33.2 Å². The zero-order chi connectivity index (χ0) is 20.0. The molecular weight excluding hydrogens is 473 g/mol. The highest BCUT2D eigenvalue weighted by atomic mass is 127. The Morgan fingerprint density at radius 1 is 0.862 bits per heavy atom. The molecule has 0 unspecified atom stereocenters. The van der Waals surface area contributed by atoms with E-state index in [1.807, 2.05) is 66.7 Å². The van der Waals surface area contributed by atoms with Crippen LogP contribution in [0.1, 0.15) is 21.5 Å². The van der Waals surface area contributed by atoms with Crippen LogP contribution in [0.2, 0.25) is 0 Å². The molecule has 3 rings (SSSR count). The van der Waals surface area contributed by atoms with E-state index in [9.17, 15) is 4.79 Å². The minimum absolute atomic E-state index is 0. The van der Waals surface area contributed by atoms with Crippen LogP contribution in [0.3, 0.4) is 0 Å². The number of quaternary nitrogens is 1. The summed E-state index contributed by atoms with van der Waals surface area (Å²) in [6, 6.07) is 25.5. The highest BCUT2D eigenvalue weighted by molar-refractivity contribution is 6.08. The summed E-state index contributed by atoms with van der Waals surface area (Å²) < 4.78 is 6.65. The zero-order valence-electron chi connectivity index (χ0n) is 17.0. The number of allylic oxidation sites excluding steroid dienone is 1. The standard InChI is InChI=1S/C25H26NO2.HI/c1-26(2,3)22-16-13-20(14-17-22)15-18-24(27)23-11-7-8-12-25(23)28-19-21-9-5-4-6-10-21;/h4-18H,19H2,1-3H3;1H/q+1;/p-1/b18-15+;. The number of rotatable bonds is 7. The van der Waals surface area contributed by atoms with E-state index in [0.29, 0.717) is 17.9 Å². The normalized spacial score (nSPS) is 11.1. The molecule has 0 spiro atoms. The van der Waals surface area contributed by atoms with Gasteiger partial charge >= 0.3 is 0 Å². The van der Waals surface area contributed by atoms with Crippen LogP contribution in [-0.4, -0.2) is 26.9 Å². The molecule has 0 bridgehead atoms. The minimum atomic E-state index is -0.0701. The lowest BCUT2D eigenvalue weighted by Gasteiger charge is -2.23. The Bertz CT molecular complexity index is 958. The van der Waals surface area contributed by atoms with Crippen molar-refractivity contribution in [1.29, 1.82) is 0 Å². The largest absolute Gasteiger partial charge is 1.00 e. The van der Waals surface area contributed by atoms with Crippen molar-refractivity contribution in [1.82, 2.24) is 4.48 Å². The molecule has 0 aliphatic carbocycles. The summed E-state index contributed by atoms with van der Waals surface area (Å²) in [6.45, 7) is 0.432. The molecule has 0 amide bonds. The summed E-state index contributed by atoms with van der Waals surface area (Å²) in [5.41, 5.74) is 3.84. The number of carbonyl (C=O) groups excluding carboxylic acids is 1. The predicted molar refractivity (Wildman–Crippen MR) is 117 cm³/mol. The highest BCUT2D eigenvalue weighted by Crippen LogP contribution is 2.22. The van der Waals surface area contributed by atoms with Gasteiger partial charge in [0.2, 0.25) is 0 Å². The predicted octanol–water partition coefficient (Wildman–Crippen LogP) is 2.36. The minimum Gasteiger partial charge on any atom is -1.00 e. The van der Waals surface area contributed by atoms with Gasteiger partial charge < -0.3 is 28.7 Å². The van der Waals surface area contributed by atoms with Gasteiger partial charge in [-0.25, -0.2) is 0 Å². The van der Waals surface area contributed by atoms with Crippen LogP contribution in [-0.2, 0) is 6.61 Å². The van der Waals surface area contributed by atoms with Gasteiger partial charge in [-0.3, -0.25) is 9.28 Å². The molecule has 0 fully saturated rings. The van der Waals surface area contributed by atoms with E-state index < -0.39 is 0 Å². The van der Waals surface area contributed by atoms with E-state index in [2.05, 4.69) is 33.3 Å². The number of ketones is 1. The van der Waals surface area contributed by atoms with Crippen molar-refractivity contribution >= 4 is 17.5 Å². The molecule has 0 heterocycles. The van der Waals surface area contributed by atoms with Crippen LogP contribution in [0.4, 0.5) is 5.69 Å². The summed E-state index contributed by atoms with van der Waals surface area (Å²) in [7, 11) is 6.38. The zero-order valence-corrected chi connectivity index (χ0v) is 19.2. The first-order valence-electron chi connectivity index (χ1n) is 9.34. The van der Waals surface area contributed by atoms with Crippen LogP contribution in [0.15, 0.2) is 84.9 Å². The molecule has 0 N–H and O–H groups in total. The van der Waals surface area contributed by atoms with E-state index in [1.165, 1.54) is 5.69 Å². The van der Waals surface area contributed by atoms with Crippen LogP contribution in [0, 0.1) is 0 Å². The lowest BCUT2D eigenvalue weighted by atomic mass is 10.1. The maximum Gasteiger partial charge on any atom is 0.189 e. The molecule has 29 heavy (non-hydrogen) atoms. The molecule has 3 nitrogen and oxygen atoms in total. The first-order chi connectivity index (χ1) is 13.4. The van der Waals surface area contributed by atoms with Crippen LogP contribution in [0.5, 0.6) is 5.75 Å². The quantitative estimate of drug-likeness (QED) is 0.216. The lowest BCUT2D eigenvalue weighted by Crippen LogP contribution is -3.00. The first kappa shape index (κ1) is 22.8. The Labute approximate surface area is 190 Å². The van der Waals surface area contributed by atoms with Crippen molar-refractivity contribution < 1.29 is 33.5 Å². The molecule has 150 valence electrons. The van der Waals surface area contributed by atoms with E-state index in [1.54, 1.807) is 12.1 Å². The molecule has 0 saturated carbocycles. The topological polar surface area (TPSA) is 26.3 Å². The molecule has 4 heteroatoms. The summed E-state index contributed by atoms with van der Waals surface area (Å²) in [5.74, 6) is 0.528. The van der Waals surface area contributed by atoms with Crippen LogP contribution >= 0.6 is 0 Å². The van der Waals surface area contributed by atoms with E-state index >= 15 is 0 Å². The second-order valence-corrected chi connectivity index (χ2v) is 7.57. The van der Waals surface area contributed by atoms with Crippen LogP contribution in [0.25, 0.3) is 6.08 Å². The van der Waals surface area contributed by atoms with Gasteiger partial charge in [-0.05, 0) is 53.6 Å². The Balaban J connectivity index is 0.00000300. The molecule has 3 aromatic carbocycles. The third-order valence-corrected chi connectivity index (χ3v) is 4.48. The smallest absolute Gasteiger partial charge is 0.189 e. The molecule has 0 radical (unpaired) electrons. The monoisotopic (exact) mass is 499 g/mol. The number of benzene rings is 3. The fourth-order valence-corrected chi connectivity index (χ4v) is 2.83. The maximum absolute atomic E-state index is 12.7. The van der Waals surface area contributed by atoms with Gasteiger partial charge in [-0.1, -0.05) is 48.5 Å². The summed E-state index contributed by atoms with van der Waals surface area (Å²) in [6.07, 6.45) is 3.45. The van der Waals surface area contributed by atoms with Gasteiger partial charge in [0.15, 0.2) is 5.78 Å². The second-order valence-electron chi connectivity index (χ2n) is 7.57. The fourth-order valence-electron chi connectivity index (χ4n) is 2.83. The van der Waals surface area contributed by atoms with E-state index in [0.717, 1.165) is 15.6 Å². The molecule has 0 atom stereocenters. The van der Waals surface area contributed by atoms with Gasteiger partial charge in [-0.15, -0.1) is 0 Å². The highest BCUT2D eigenvalue weighted by Gasteiger charge is 2.12. The lowest BCUT2D eigenvalue weighted by molar-refractivity contribution is -0.0000137. The van der Waals surface area contributed by atoms with Crippen molar-refractivity contribution in [3.8, 4) is 5.75 Å². The number of hydrogen-bond donors (Lipinski definition) is 0.